The molecule has 0 unspecified atom stereocenters. The van der Waals surface area contributed by atoms with Crippen LogP contribution in [-0.4, -0.2) is 44.3 Å². The summed E-state index contributed by atoms with van der Waals surface area (Å²) in [5.74, 6) is 0.407. The maximum Gasteiger partial charge on any atom is 0.240 e. The van der Waals surface area contributed by atoms with Crippen LogP contribution in [0.5, 0.6) is 5.75 Å². The zero-order valence-electron chi connectivity index (χ0n) is 15.4. The van der Waals surface area contributed by atoms with Crippen LogP contribution in [0.15, 0.2) is 29.2 Å². The number of methoxy groups -OCH3 is 1. The van der Waals surface area contributed by atoms with Crippen LogP contribution in [0.3, 0.4) is 0 Å². The number of aromatic nitrogens is 2. The molecule has 0 atom stereocenters. The number of hydrogen-bond donors (Lipinski definition) is 2. The average molecular weight is 380 g/mol. The highest BCUT2D eigenvalue weighted by Crippen LogP contribution is 2.15. The van der Waals surface area contributed by atoms with Gasteiger partial charge in [-0.05, 0) is 38.1 Å². The Morgan fingerprint density at radius 2 is 1.85 bits per heavy atom. The monoisotopic (exact) mass is 380 g/mol. The van der Waals surface area contributed by atoms with E-state index < -0.39 is 10.0 Å². The Morgan fingerprint density at radius 3 is 2.38 bits per heavy atom. The van der Waals surface area contributed by atoms with E-state index in [1.54, 1.807) is 16.8 Å². The molecular weight excluding hydrogens is 356 g/mol. The molecule has 2 aromatic rings. The Bertz CT molecular complexity index is 873. The van der Waals surface area contributed by atoms with E-state index in [0.717, 1.165) is 17.0 Å². The van der Waals surface area contributed by atoms with Crippen molar-refractivity contribution in [2.45, 2.75) is 25.2 Å². The minimum atomic E-state index is -3.62. The molecule has 142 valence electrons. The molecule has 1 aromatic carbocycles. The molecule has 26 heavy (non-hydrogen) atoms. The van der Waals surface area contributed by atoms with Crippen LogP contribution in [0.4, 0.5) is 0 Å². The summed E-state index contributed by atoms with van der Waals surface area (Å²) in [6.45, 7) is 4.07. The second-order valence-corrected chi connectivity index (χ2v) is 7.64. The van der Waals surface area contributed by atoms with Crippen LogP contribution in [0.2, 0.25) is 0 Å². The van der Waals surface area contributed by atoms with E-state index >= 15 is 0 Å². The molecule has 0 aliphatic carbocycles. The first-order chi connectivity index (χ1) is 12.2. The van der Waals surface area contributed by atoms with Gasteiger partial charge >= 0.3 is 0 Å². The number of amides is 1. The molecule has 2 N–H and O–H groups in total. The molecule has 1 heterocycles. The normalized spacial score (nSPS) is 11.4. The molecule has 0 bridgehead atoms. The van der Waals surface area contributed by atoms with Gasteiger partial charge in [-0.15, -0.1) is 0 Å². The molecule has 1 amide bonds. The van der Waals surface area contributed by atoms with E-state index in [9.17, 15) is 13.2 Å². The third-order valence-electron chi connectivity index (χ3n) is 4.11. The lowest BCUT2D eigenvalue weighted by Gasteiger charge is -2.09. The lowest BCUT2D eigenvalue weighted by molar-refractivity contribution is -0.120. The predicted molar refractivity (Wildman–Crippen MR) is 97.6 cm³/mol. The second kappa shape index (κ2) is 8.33. The summed E-state index contributed by atoms with van der Waals surface area (Å²) >= 11 is 0. The number of benzene rings is 1. The number of aryl methyl sites for hydroxylation is 2. The molecule has 0 radical (unpaired) electrons. The molecule has 0 saturated heterocycles. The van der Waals surface area contributed by atoms with Crippen molar-refractivity contribution in [2.75, 3.05) is 20.2 Å². The minimum Gasteiger partial charge on any atom is -0.497 e. The van der Waals surface area contributed by atoms with Crippen LogP contribution in [0, 0.1) is 13.8 Å². The third kappa shape index (κ3) is 4.83. The maximum atomic E-state index is 12.2. The van der Waals surface area contributed by atoms with E-state index in [1.165, 1.54) is 19.2 Å². The van der Waals surface area contributed by atoms with Crippen LogP contribution < -0.4 is 14.8 Å². The molecule has 8 nitrogen and oxygen atoms in total. The molecule has 0 aliphatic heterocycles. The fraction of sp³-hybridized carbons (Fsp3) is 0.412. The summed E-state index contributed by atoms with van der Waals surface area (Å²) in [5.41, 5.74) is 2.65. The zero-order valence-corrected chi connectivity index (χ0v) is 16.2. The maximum absolute atomic E-state index is 12.2. The minimum absolute atomic E-state index is 0.102. The number of sulfonamides is 1. The van der Waals surface area contributed by atoms with Gasteiger partial charge in [-0.1, -0.05) is 0 Å². The van der Waals surface area contributed by atoms with Crippen LogP contribution in [0.25, 0.3) is 0 Å². The van der Waals surface area contributed by atoms with Crippen molar-refractivity contribution in [2.24, 2.45) is 7.05 Å². The lowest BCUT2D eigenvalue weighted by Crippen LogP contribution is -2.35. The fourth-order valence-electron chi connectivity index (χ4n) is 2.52. The van der Waals surface area contributed by atoms with Gasteiger partial charge in [0, 0.05) is 31.4 Å². The SMILES string of the molecule is COc1ccc(S(=O)(=O)NCCNC(=O)Cc2c(C)nn(C)c2C)cc1. The molecule has 0 fully saturated rings. The Hall–Kier alpha value is -2.39. The van der Waals surface area contributed by atoms with Gasteiger partial charge in [-0.25, -0.2) is 13.1 Å². The number of nitrogens with zero attached hydrogens (tertiary/aromatic N) is 2. The standard InChI is InChI=1S/C17H24N4O4S/c1-12-16(13(2)21(3)20-12)11-17(22)18-9-10-19-26(23,24)15-7-5-14(25-4)6-8-15/h5-8,19H,9-11H2,1-4H3,(H,18,22). The van der Waals surface area contributed by atoms with Crippen molar-refractivity contribution in [3.05, 3.63) is 41.2 Å². The molecule has 0 spiro atoms. The van der Waals surface area contributed by atoms with Crippen LogP contribution in [-0.2, 0) is 28.3 Å². The van der Waals surface area contributed by atoms with Gasteiger partial charge in [-0.3, -0.25) is 9.48 Å². The Morgan fingerprint density at radius 1 is 1.19 bits per heavy atom. The first-order valence-corrected chi connectivity index (χ1v) is 9.62. The van der Waals surface area contributed by atoms with Gasteiger partial charge in [0.25, 0.3) is 0 Å². The molecule has 2 rings (SSSR count). The summed E-state index contributed by atoms with van der Waals surface area (Å²) in [7, 11) is -0.279. The Kier molecular flexibility index (Phi) is 6.38. The third-order valence-corrected chi connectivity index (χ3v) is 5.58. The van der Waals surface area contributed by atoms with Crippen LogP contribution in [0.1, 0.15) is 17.0 Å². The van der Waals surface area contributed by atoms with Crippen molar-refractivity contribution in [1.29, 1.82) is 0 Å². The van der Waals surface area contributed by atoms with Crippen molar-refractivity contribution >= 4 is 15.9 Å². The topological polar surface area (TPSA) is 102 Å². The first-order valence-electron chi connectivity index (χ1n) is 8.14. The van der Waals surface area contributed by atoms with Crippen LogP contribution >= 0.6 is 0 Å². The highest BCUT2D eigenvalue weighted by Gasteiger charge is 2.15. The number of carbonyl (C=O) groups excluding carboxylic acids is 1. The van der Waals surface area contributed by atoms with E-state index in [4.69, 9.17) is 4.74 Å². The van der Waals surface area contributed by atoms with Gasteiger partial charge in [0.05, 0.1) is 24.1 Å². The van der Waals surface area contributed by atoms with E-state index in [1.807, 2.05) is 20.9 Å². The number of rotatable bonds is 8. The van der Waals surface area contributed by atoms with E-state index in [-0.39, 0.29) is 30.3 Å². The lowest BCUT2D eigenvalue weighted by atomic mass is 10.1. The van der Waals surface area contributed by atoms with Crippen molar-refractivity contribution in [3.8, 4) is 5.75 Å². The average Bonchev–Trinajstić information content (AvgIpc) is 2.85. The van der Waals surface area contributed by atoms with E-state index in [0.29, 0.717) is 5.75 Å². The molecule has 9 heteroatoms. The number of nitrogens with one attached hydrogen (secondary N) is 2. The summed E-state index contributed by atoms with van der Waals surface area (Å²) in [6, 6.07) is 6.09. The second-order valence-electron chi connectivity index (χ2n) is 5.87. The zero-order chi connectivity index (χ0) is 19.3. The van der Waals surface area contributed by atoms with Crippen molar-refractivity contribution < 1.29 is 17.9 Å². The molecule has 0 saturated carbocycles. The quantitative estimate of drug-likeness (QED) is 0.656. The Balaban J connectivity index is 1.82. The first kappa shape index (κ1) is 19.9. The van der Waals surface area contributed by atoms with Gasteiger partial charge in [0.15, 0.2) is 0 Å². The largest absolute Gasteiger partial charge is 0.497 e. The Labute approximate surface area is 153 Å². The number of ether oxygens (including phenoxy) is 1. The van der Waals surface area contributed by atoms with Gasteiger partial charge < -0.3 is 10.1 Å². The van der Waals surface area contributed by atoms with Gasteiger partial charge in [-0.2, -0.15) is 5.10 Å². The summed E-state index contributed by atoms with van der Waals surface area (Å²) < 4.78 is 33.6. The highest BCUT2D eigenvalue weighted by molar-refractivity contribution is 7.89. The van der Waals surface area contributed by atoms with E-state index in [2.05, 4.69) is 15.1 Å². The summed E-state index contributed by atoms with van der Waals surface area (Å²) in [5, 5.41) is 6.99. The fourth-order valence-corrected chi connectivity index (χ4v) is 3.55. The number of hydrogen-bond acceptors (Lipinski definition) is 5. The number of carbonyl (C=O) groups is 1. The van der Waals surface area contributed by atoms with Gasteiger partial charge in [0.2, 0.25) is 15.9 Å². The summed E-state index contributed by atoms with van der Waals surface area (Å²) in [4.78, 5) is 12.2. The molecule has 1 aromatic heterocycles. The van der Waals surface area contributed by atoms with Crippen molar-refractivity contribution in [3.63, 3.8) is 0 Å². The summed E-state index contributed by atoms with van der Waals surface area (Å²) in [6.07, 6.45) is 0.219. The van der Waals surface area contributed by atoms with Crippen molar-refractivity contribution in [1.82, 2.24) is 19.8 Å². The highest BCUT2D eigenvalue weighted by atomic mass is 32.2. The smallest absolute Gasteiger partial charge is 0.240 e. The van der Waals surface area contributed by atoms with Gasteiger partial charge in [0.1, 0.15) is 5.75 Å². The predicted octanol–water partition coefficient (Wildman–Crippen LogP) is 0.683. The molecule has 0 aliphatic rings. The molecular formula is C17H24N4O4S.